The molecule has 1 saturated heterocycles. The Bertz CT molecular complexity index is 268. The van der Waals surface area contributed by atoms with Crippen molar-refractivity contribution in [2.75, 3.05) is 13.2 Å². The van der Waals surface area contributed by atoms with Gasteiger partial charge in [0.1, 0.15) is 5.25 Å². The van der Waals surface area contributed by atoms with E-state index in [0.717, 1.165) is 0 Å². The third kappa shape index (κ3) is 2.10. The lowest BCUT2D eigenvalue weighted by molar-refractivity contribution is -0.204. The summed E-state index contributed by atoms with van der Waals surface area (Å²) in [5.74, 6) is 0. The maximum absolute atomic E-state index is 11.9. The Morgan fingerprint density at radius 3 is 2.08 bits per heavy atom. The standard InChI is InChI=1S/C4H6F3NO4S/c5-4(6,7)13(9,10)3-1-11-8-12-2-3/h3,8H,1-2H2. The summed E-state index contributed by atoms with van der Waals surface area (Å²) in [6, 6.07) is 0. The molecule has 9 heteroatoms. The van der Waals surface area contributed by atoms with E-state index in [1.807, 2.05) is 0 Å². The van der Waals surface area contributed by atoms with Gasteiger partial charge in [0, 0.05) is 0 Å². The van der Waals surface area contributed by atoms with Crippen molar-refractivity contribution in [2.45, 2.75) is 10.8 Å². The zero-order valence-corrected chi connectivity index (χ0v) is 6.98. The lowest BCUT2D eigenvalue weighted by Gasteiger charge is -2.22. The van der Waals surface area contributed by atoms with Gasteiger partial charge >= 0.3 is 5.51 Å². The first-order valence-corrected chi connectivity index (χ1v) is 4.69. The summed E-state index contributed by atoms with van der Waals surface area (Å²) in [7, 11) is -5.19. The molecule has 0 aromatic heterocycles. The smallest absolute Gasteiger partial charge is 0.275 e. The van der Waals surface area contributed by atoms with E-state index in [1.165, 1.54) is 0 Å². The van der Waals surface area contributed by atoms with Gasteiger partial charge in [0.25, 0.3) is 9.84 Å². The molecule has 0 aliphatic carbocycles. The summed E-state index contributed by atoms with van der Waals surface area (Å²) in [5.41, 5.74) is -3.46. The Kier molecular flexibility index (Phi) is 2.80. The minimum atomic E-state index is -5.26. The second-order valence-electron chi connectivity index (χ2n) is 2.32. The molecule has 0 bridgehead atoms. The maximum atomic E-state index is 11.9. The number of halogens is 3. The molecule has 0 atom stereocenters. The topological polar surface area (TPSA) is 64.6 Å². The van der Waals surface area contributed by atoms with Crippen LogP contribution in [-0.2, 0) is 19.5 Å². The Hall–Kier alpha value is -0.380. The molecule has 0 amide bonds. The summed E-state index contributed by atoms with van der Waals surface area (Å²) >= 11 is 0. The number of nitrogens with one attached hydrogen (secondary N) is 1. The summed E-state index contributed by atoms with van der Waals surface area (Å²) in [6.45, 7) is -1.16. The highest BCUT2D eigenvalue weighted by atomic mass is 32.2. The van der Waals surface area contributed by atoms with E-state index in [9.17, 15) is 21.6 Å². The number of sulfone groups is 1. The Morgan fingerprint density at radius 1 is 1.23 bits per heavy atom. The SMILES string of the molecule is O=S(=O)(C1CONOC1)C(F)(F)F. The van der Waals surface area contributed by atoms with Crippen LogP contribution in [-0.4, -0.2) is 32.4 Å². The van der Waals surface area contributed by atoms with Gasteiger partial charge in [0.15, 0.2) is 0 Å². The Morgan fingerprint density at radius 2 is 1.69 bits per heavy atom. The third-order valence-electron chi connectivity index (χ3n) is 1.42. The van der Waals surface area contributed by atoms with Gasteiger partial charge in [0.2, 0.25) is 0 Å². The van der Waals surface area contributed by atoms with Crippen LogP contribution >= 0.6 is 0 Å². The van der Waals surface area contributed by atoms with E-state index in [4.69, 9.17) is 0 Å². The molecule has 0 aromatic carbocycles. The van der Waals surface area contributed by atoms with Crippen molar-refractivity contribution in [2.24, 2.45) is 0 Å². The first kappa shape index (κ1) is 10.7. The van der Waals surface area contributed by atoms with Crippen LogP contribution in [0.5, 0.6) is 0 Å². The quantitative estimate of drug-likeness (QED) is 0.661. The molecule has 78 valence electrons. The highest BCUT2D eigenvalue weighted by Gasteiger charge is 2.51. The first-order valence-electron chi connectivity index (χ1n) is 3.14. The van der Waals surface area contributed by atoms with Gasteiger partial charge < -0.3 is 0 Å². The molecule has 0 unspecified atom stereocenters. The van der Waals surface area contributed by atoms with E-state index in [1.54, 1.807) is 5.64 Å². The fourth-order valence-electron chi connectivity index (χ4n) is 0.712. The fraction of sp³-hybridized carbons (Fsp3) is 1.00. The van der Waals surface area contributed by atoms with Gasteiger partial charge in [-0.15, -0.1) is 0 Å². The molecule has 13 heavy (non-hydrogen) atoms. The predicted molar refractivity (Wildman–Crippen MR) is 33.8 cm³/mol. The van der Waals surface area contributed by atoms with Gasteiger partial charge in [-0.1, -0.05) is 5.64 Å². The lowest BCUT2D eigenvalue weighted by Crippen LogP contribution is -2.45. The number of alkyl halides is 3. The van der Waals surface area contributed by atoms with Crippen LogP contribution in [0.3, 0.4) is 0 Å². The van der Waals surface area contributed by atoms with Crippen molar-refractivity contribution >= 4 is 9.84 Å². The van der Waals surface area contributed by atoms with Crippen molar-refractivity contribution in [1.82, 2.24) is 5.64 Å². The predicted octanol–water partition coefficient (Wildman–Crippen LogP) is -0.244. The normalized spacial score (nSPS) is 21.8. The molecule has 1 aliphatic heterocycles. The highest BCUT2D eigenvalue weighted by molar-refractivity contribution is 7.92. The van der Waals surface area contributed by atoms with Gasteiger partial charge in [-0.3, -0.25) is 9.68 Å². The minimum absolute atomic E-state index is 0.582. The molecule has 0 saturated carbocycles. The van der Waals surface area contributed by atoms with Crippen LogP contribution in [0.2, 0.25) is 0 Å². The molecule has 1 N–H and O–H groups in total. The van der Waals surface area contributed by atoms with E-state index < -0.39 is 33.8 Å². The molecule has 1 heterocycles. The van der Waals surface area contributed by atoms with E-state index >= 15 is 0 Å². The zero-order valence-electron chi connectivity index (χ0n) is 6.17. The van der Waals surface area contributed by atoms with Crippen LogP contribution in [0.15, 0.2) is 0 Å². The molecule has 1 rings (SSSR count). The molecule has 0 spiro atoms. The summed E-state index contributed by atoms with van der Waals surface area (Å²) in [5, 5.41) is -1.70. The van der Waals surface area contributed by atoms with Crippen LogP contribution in [0, 0.1) is 0 Å². The third-order valence-corrected chi connectivity index (χ3v) is 3.21. The van der Waals surface area contributed by atoms with Gasteiger partial charge in [-0.05, 0) is 0 Å². The van der Waals surface area contributed by atoms with Crippen molar-refractivity contribution in [3.63, 3.8) is 0 Å². The molecule has 0 aromatic rings. The van der Waals surface area contributed by atoms with Gasteiger partial charge in [0.05, 0.1) is 13.2 Å². The summed E-state index contributed by atoms with van der Waals surface area (Å²) < 4.78 is 57.1. The lowest BCUT2D eigenvalue weighted by atomic mass is 10.5. The van der Waals surface area contributed by atoms with Crippen molar-refractivity contribution in [3.8, 4) is 0 Å². The molecule has 1 fully saturated rings. The van der Waals surface area contributed by atoms with Gasteiger partial charge in [-0.25, -0.2) is 8.42 Å². The van der Waals surface area contributed by atoms with Crippen LogP contribution in [0.25, 0.3) is 0 Å². The van der Waals surface area contributed by atoms with Crippen molar-refractivity contribution in [1.29, 1.82) is 0 Å². The van der Waals surface area contributed by atoms with Crippen molar-refractivity contribution < 1.29 is 31.3 Å². The maximum Gasteiger partial charge on any atom is 0.497 e. The minimum Gasteiger partial charge on any atom is -0.275 e. The fourth-order valence-corrected chi connectivity index (χ4v) is 1.58. The average Bonchev–Trinajstić information content (AvgIpc) is 2.04. The largest absolute Gasteiger partial charge is 0.497 e. The number of hydrogen-bond acceptors (Lipinski definition) is 5. The summed E-state index contributed by atoms with van der Waals surface area (Å²) in [4.78, 5) is 8.42. The highest BCUT2D eigenvalue weighted by Crippen LogP contribution is 2.28. The second kappa shape index (κ2) is 3.40. The average molecular weight is 221 g/mol. The molecule has 1 aliphatic rings. The zero-order chi connectivity index (χ0) is 10.1. The van der Waals surface area contributed by atoms with Crippen LogP contribution < -0.4 is 5.64 Å². The Balaban J connectivity index is 2.80. The van der Waals surface area contributed by atoms with E-state index in [-0.39, 0.29) is 0 Å². The van der Waals surface area contributed by atoms with E-state index in [2.05, 4.69) is 9.68 Å². The first-order chi connectivity index (χ1) is 5.86. The number of hydrogen-bond donors (Lipinski definition) is 1. The molecular formula is C4H6F3NO4S. The van der Waals surface area contributed by atoms with Crippen LogP contribution in [0.4, 0.5) is 13.2 Å². The van der Waals surface area contributed by atoms with E-state index in [0.29, 0.717) is 0 Å². The van der Waals surface area contributed by atoms with Crippen LogP contribution in [0.1, 0.15) is 0 Å². The van der Waals surface area contributed by atoms with Gasteiger partial charge in [-0.2, -0.15) is 13.2 Å². The Labute approximate surface area is 71.6 Å². The molecule has 0 radical (unpaired) electrons. The second-order valence-corrected chi connectivity index (χ2v) is 4.54. The van der Waals surface area contributed by atoms with Crippen molar-refractivity contribution in [3.05, 3.63) is 0 Å². The molecule has 5 nitrogen and oxygen atoms in total. The summed E-state index contributed by atoms with van der Waals surface area (Å²) in [6.07, 6.45) is 0. The monoisotopic (exact) mass is 221 g/mol. The number of rotatable bonds is 1. The molecular weight excluding hydrogens is 215 g/mol.